The van der Waals surface area contributed by atoms with Crippen LogP contribution in [0.15, 0.2) is 36.4 Å². The van der Waals surface area contributed by atoms with E-state index in [0.717, 1.165) is 12.8 Å². The van der Waals surface area contributed by atoms with Crippen LogP contribution in [-0.4, -0.2) is 25.4 Å². The molecule has 18 heavy (non-hydrogen) atoms. The third-order valence-corrected chi connectivity index (χ3v) is 3.87. The maximum Gasteiger partial charge on any atom is 0.0864 e. The number of methoxy groups -OCH3 is 2. The van der Waals surface area contributed by atoms with Crippen LogP contribution in [0.25, 0.3) is 5.57 Å². The minimum Gasteiger partial charge on any atom is -0.378 e. The van der Waals surface area contributed by atoms with Crippen LogP contribution in [0.2, 0.25) is 0 Å². The smallest absolute Gasteiger partial charge is 0.0864 e. The van der Waals surface area contributed by atoms with Gasteiger partial charge in [-0.15, -0.1) is 0 Å². The molecule has 98 valence electrons. The van der Waals surface area contributed by atoms with E-state index < -0.39 is 0 Å². The Morgan fingerprint density at radius 2 is 1.67 bits per heavy atom. The van der Waals surface area contributed by atoms with E-state index in [1.165, 1.54) is 11.1 Å². The van der Waals surface area contributed by atoms with Gasteiger partial charge in [-0.2, -0.15) is 0 Å². The summed E-state index contributed by atoms with van der Waals surface area (Å²) in [7, 11) is 3.55. The molecular formula is C16H22O2. The lowest BCUT2D eigenvalue weighted by Gasteiger charge is -2.41. The molecule has 0 aliphatic heterocycles. The number of hydrogen-bond donors (Lipinski definition) is 0. The van der Waals surface area contributed by atoms with Crippen molar-refractivity contribution in [2.45, 2.75) is 37.9 Å². The van der Waals surface area contributed by atoms with Gasteiger partial charge in [0.25, 0.3) is 0 Å². The first kappa shape index (κ1) is 13.3. The largest absolute Gasteiger partial charge is 0.378 e. The quantitative estimate of drug-likeness (QED) is 0.810. The number of benzene rings is 1. The summed E-state index contributed by atoms with van der Waals surface area (Å²) in [5.41, 5.74) is 2.14. The standard InChI is InChI=1S/C16H22O2/c1-15(17-3)10-14(11-16(2,12-15)18-4)13-8-6-5-7-9-13/h5-10H,11-12H2,1-4H3. The van der Waals surface area contributed by atoms with E-state index in [2.05, 4.69) is 44.2 Å². The number of ether oxygens (including phenoxy) is 2. The van der Waals surface area contributed by atoms with Gasteiger partial charge in [0.1, 0.15) is 0 Å². The second-order valence-corrected chi connectivity index (χ2v) is 5.56. The van der Waals surface area contributed by atoms with Gasteiger partial charge in [0.2, 0.25) is 0 Å². The van der Waals surface area contributed by atoms with E-state index >= 15 is 0 Å². The monoisotopic (exact) mass is 246 g/mol. The fraction of sp³-hybridized carbons (Fsp3) is 0.500. The Labute approximate surface area is 110 Å². The van der Waals surface area contributed by atoms with E-state index in [4.69, 9.17) is 9.47 Å². The van der Waals surface area contributed by atoms with Crippen molar-refractivity contribution in [1.82, 2.24) is 0 Å². The Morgan fingerprint density at radius 3 is 2.22 bits per heavy atom. The molecule has 0 fully saturated rings. The Bertz CT molecular complexity index is 438. The van der Waals surface area contributed by atoms with Crippen molar-refractivity contribution >= 4 is 5.57 Å². The van der Waals surface area contributed by atoms with Crippen molar-refractivity contribution in [2.75, 3.05) is 14.2 Å². The van der Waals surface area contributed by atoms with Crippen LogP contribution in [0.4, 0.5) is 0 Å². The number of hydrogen-bond acceptors (Lipinski definition) is 2. The maximum atomic E-state index is 5.71. The average molecular weight is 246 g/mol. The van der Waals surface area contributed by atoms with Gasteiger partial charge >= 0.3 is 0 Å². The van der Waals surface area contributed by atoms with Crippen LogP contribution in [0.3, 0.4) is 0 Å². The van der Waals surface area contributed by atoms with Crippen molar-refractivity contribution in [1.29, 1.82) is 0 Å². The molecule has 0 saturated carbocycles. The molecule has 0 radical (unpaired) electrons. The molecule has 1 aliphatic rings. The van der Waals surface area contributed by atoms with Crippen LogP contribution in [0.1, 0.15) is 32.3 Å². The molecule has 0 heterocycles. The fourth-order valence-electron chi connectivity index (χ4n) is 2.79. The van der Waals surface area contributed by atoms with Crippen molar-refractivity contribution < 1.29 is 9.47 Å². The average Bonchev–Trinajstić information content (AvgIpc) is 2.39. The second kappa shape index (κ2) is 4.87. The molecule has 1 aromatic rings. The maximum absolute atomic E-state index is 5.71. The van der Waals surface area contributed by atoms with E-state index in [9.17, 15) is 0 Å². The van der Waals surface area contributed by atoms with Crippen LogP contribution < -0.4 is 0 Å². The zero-order valence-corrected chi connectivity index (χ0v) is 11.7. The normalized spacial score (nSPS) is 32.1. The van der Waals surface area contributed by atoms with Crippen molar-refractivity contribution in [3.8, 4) is 0 Å². The molecular weight excluding hydrogens is 224 g/mol. The van der Waals surface area contributed by atoms with E-state index in [1.54, 1.807) is 14.2 Å². The summed E-state index contributed by atoms with van der Waals surface area (Å²) in [6.07, 6.45) is 4.04. The van der Waals surface area contributed by atoms with Gasteiger partial charge in [-0.25, -0.2) is 0 Å². The van der Waals surface area contributed by atoms with Gasteiger partial charge in [0, 0.05) is 27.1 Å². The van der Waals surface area contributed by atoms with E-state index in [0.29, 0.717) is 0 Å². The van der Waals surface area contributed by atoms with Gasteiger partial charge in [-0.05, 0) is 31.1 Å². The van der Waals surface area contributed by atoms with Gasteiger partial charge in [-0.1, -0.05) is 30.3 Å². The Kier molecular flexibility index (Phi) is 3.60. The lowest BCUT2D eigenvalue weighted by atomic mass is 9.76. The number of rotatable bonds is 3. The summed E-state index contributed by atoms with van der Waals surface area (Å²) in [4.78, 5) is 0. The molecule has 0 spiro atoms. The highest BCUT2D eigenvalue weighted by molar-refractivity contribution is 5.68. The minimum atomic E-state index is -0.256. The summed E-state index contributed by atoms with van der Waals surface area (Å²) in [5.74, 6) is 0. The van der Waals surface area contributed by atoms with Crippen LogP contribution in [0, 0.1) is 0 Å². The van der Waals surface area contributed by atoms with E-state index in [-0.39, 0.29) is 11.2 Å². The topological polar surface area (TPSA) is 18.5 Å². The summed E-state index contributed by atoms with van der Waals surface area (Å²) < 4.78 is 11.4. The highest BCUT2D eigenvalue weighted by Crippen LogP contribution is 2.41. The Balaban J connectivity index is 2.40. The lowest BCUT2D eigenvalue weighted by molar-refractivity contribution is -0.0692. The summed E-state index contributed by atoms with van der Waals surface area (Å²) in [6, 6.07) is 10.5. The predicted molar refractivity (Wildman–Crippen MR) is 74.5 cm³/mol. The molecule has 0 saturated heterocycles. The lowest BCUT2D eigenvalue weighted by Crippen LogP contribution is -2.42. The molecule has 1 aliphatic carbocycles. The highest BCUT2D eigenvalue weighted by atomic mass is 16.5. The van der Waals surface area contributed by atoms with Crippen molar-refractivity contribution in [2.24, 2.45) is 0 Å². The Hall–Kier alpha value is -1.12. The summed E-state index contributed by atoms with van der Waals surface area (Å²) in [6.45, 7) is 4.27. The molecule has 2 rings (SSSR count). The Morgan fingerprint density at radius 1 is 1.00 bits per heavy atom. The van der Waals surface area contributed by atoms with Crippen LogP contribution >= 0.6 is 0 Å². The molecule has 2 heteroatoms. The molecule has 1 aromatic carbocycles. The molecule has 0 N–H and O–H groups in total. The molecule has 0 aromatic heterocycles. The van der Waals surface area contributed by atoms with E-state index in [1.807, 2.05) is 6.07 Å². The molecule has 2 nitrogen and oxygen atoms in total. The molecule has 0 amide bonds. The first-order valence-corrected chi connectivity index (χ1v) is 6.38. The zero-order valence-electron chi connectivity index (χ0n) is 11.7. The first-order chi connectivity index (χ1) is 8.50. The molecule has 2 atom stereocenters. The van der Waals surface area contributed by atoms with Gasteiger partial charge < -0.3 is 9.47 Å². The van der Waals surface area contributed by atoms with Crippen LogP contribution in [0.5, 0.6) is 0 Å². The second-order valence-electron chi connectivity index (χ2n) is 5.56. The third-order valence-electron chi connectivity index (χ3n) is 3.87. The van der Waals surface area contributed by atoms with Gasteiger partial charge in [0.05, 0.1) is 11.2 Å². The molecule has 0 bridgehead atoms. The first-order valence-electron chi connectivity index (χ1n) is 6.38. The van der Waals surface area contributed by atoms with Gasteiger partial charge in [-0.3, -0.25) is 0 Å². The fourth-order valence-corrected chi connectivity index (χ4v) is 2.79. The SMILES string of the molecule is COC1(C)C=C(c2ccccc2)CC(C)(OC)C1. The van der Waals surface area contributed by atoms with Gasteiger partial charge in [0.15, 0.2) is 0 Å². The predicted octanol–water partition coefficient (Wildman–Crippen LogP) is 3.67. The summed E-state index contributed by atoms with van der Waals surface area (Å²) in [5, 5.41) is 0. The third kappa shape index (κ3) is 2.65. The minimum absolute atomic E-state index is 0.162. The highest BCUT2D eigenvalue weighted by Gasteiger charge is 2.39. The molecule has 2 unspecified atom stereocenters. The van der Waals surface area contributed by atoms with Crippen molar-refractivity contribution in [3.05, 3.63) is 42.0 Å². The van der Waals surface area contributed by atoms with Crippen LogP contribution in [-0.2, 0) is 9.47 Å². The van der Waals surface area contributed by atoms with Crippen molar-refractivity contribution in [3.63, 3.8) is 0 Å². The zero-order chi connectivity index (χ0) is 13.2. The summed E-state index contributed by atoms with van der Waals surface area (Å²) >= 11 is 0.